The van der Waals surface area contributed by atoms with Crippen LogP contribution in [0.1, 0.15) is 64.5 Å². The Morgan fingerprint density at radius 2 is 1.63 bits per heavy atom. The third kappa shape index (κ3) is 6.00. The van der Waals surface area contributed by atoms with Crippen molar-refractivity contribution in [3.05, 3.63) is 94.3 Å². The summed E-state index contributed by atoms with van der Waals surface area (Å²) in [6, 6.07) is 13.3. The van der Waals surface area contributed by atoms with Gasteiger partial charge in [-0.25, -0.2) is 4.79 Å². The lowest BCUT2D eigenvalue weighted by molar-refractivity contribution is -0.141. The van der Waals surface area contributed by atoms with Crippen LogP contribution in [0.3, 0.4) is 0 Å². The summed E-state index contributed by atoms with van der Waals surface area (Å²) in [6.45, 7) is 1.43. The Bertz CT molecular complexity index is 1350. The molecule has 4 nitrogen and oxygen atoms in total. The number of halogens is 6. The third-order valence-corrected chi connectivity index (χ3v) is 6.09. The number of alkyl halides is 6. The monoisotopic (exact) mass is 535 g/mol. The maximum Gasteiger partial charge on any atom is 0.434 e. The highest BCUT2D eigenvalue weighted by molar-refractivity contribution is 5.97. The van der Waals surface area contributed by atoms with Crippen LogP contribution in [-0.2, 0) is 23.7 Å². The van der Waals surface area contributed by atoms with Crippen molar-refractivity contribution in [2.24, 2.45) is 0 Å². The average molecular weight is 535 g/mol. The Balaban J connectivity index is 1.83. The summed E-state index contributed by atoms with van der Waals surface area (Å²) in [5.41, 5.74) is -0.802. The molecule has 1 aromatic heterocycles. The van der Waals surface area contributed by atoms with Crippen molar-refractivity contribution in [2.45, 2.75) is 45.1 Å². The number of nitrogens with zero attached hydrogens (tertiary/aromatic N) is 1. The van der Waals surface area contributed by atoms with E-state index in [-0.39, 0.29) is 30.1 Å². The molecule has 0 fully saturated rings. The van der Waals surface area contributed by atoms with E-state index in [0.29, 0.717) is 30.4 Å². The second-order valence-electron chi connectivity index (χ2n) is 8.63. The summed E-state index contributed by atoms with van der Waals surface area (Å²) in [5, 5.41) is 0. The molecular weight excluding hydrogens is 512 g/mol. The molecule has 0 spiro atoms. The quantitative estimate of drug-likeness (QED) is 0.227. The van der Waals surface area contributed by atoms with Gasteiger partial charge in [0.2, 0.25) is 0 Å². The predicted molar refractivity (Wildman–Crippen MR) is 128 cm³/mol. The molecule has 0 unspecified atom stereocenters. The number of carbonyl (C=O) groups excluding carboxylic acids is 1. The molecule has 0 aliphatic heterocycles. The molecule has 2 aromatic carbocycles. The highest BCUT2D eigenvalue weighted by atomic mass is 19.4. The number of hydrogen-bond acceptors (Lipinski definition) is 4. The standard InChI is InChI=1S/C28H23F6NO3/c1-2-37-26(36)23-13-18(15-35-25(23)28(32,33)34)20-9-6-10-21(20)22-14-19(27(29,30)31)11-12-24(22)38-16-17-7-4-3-5-8-17/h3-5,7-8,11-15H,2,6,9-10,16H2,1H3. The van der Waals surface area contributed by atoms with Gasteiger partial charge in [0.1, 0.15) is 12.4 Å². The molecule has 200 valence electrons. The lowest BCUT2D eigenvalue weighted by Gasteiger charge is -2.18. The molecule has 10 heteroatoms. The van der Waals surface area contributed by atoms with Crippen LogP contribution in [0.5, 0.6) is 5.75 Å². The van der Waals surface area contributed by atoms with Gasteiger partial charge >= 0.3 is 18.3 Å². The number of hydrogen-bond donors (Lipinski definition) is 0. The lowest BCUT2D eigenvalue weighted by Crippen LogP contribution is -2.17. The van der Waals surface area contributed by atoms with Crippen LogP contribution in [0.15, 0.2) is 60.8 Å². The van der Waals surface area contributed by atoms with Crippen molar-refractivity contribution in [1.82, 2.24) is 4.98 Å². The van der Waals surface area contributed by atoms with Gasteiger partial charge in [0.15, 0.2) is 5.69 Å². The maximum absolute atomic E-state index is 13.6. The van der Waals surface area contributed by atoms with Crippen LogP contribution in [0.4, 0.5) is 26.3 Å². The first-order valence-corrected chi connectivity index (χ1v) is 11.8. The molecule has 0 saturated heterocycles. The van der Waals surface area contributed by atoms with E-state index in [0.717, 1.165) is 30.0 Å². The number of aromatic nitrogens is 1. The minimum absolute atomic E-state index is 0.108. The summed E-state index contributed by atoms with van der Waals surface area (Å²) in [4.78, 5) is 15.8. The number of rotatable bonds is 7. The largest absolute Gasteiger partial charge is 0.488 e. The van der Waals surface area contributed by atoms with E-state index in [2.05, 4.69) is 4.98 Å². The molecule has 3 aromatic rings. The number of allylic oxidation sites excluding steroid dienone is 2. The molecule has 1 aliphatic carbocycles. The topological polar surface area (TPSA) is 48.4 Å². The normalized spacial score (nSPS) is 14.1. The molecule has 0 atom stereocenters. The molecule has 0 bridgehead atoms. The van der Waals surface area contributed by atoms with Crippen LogP contribution in [0.25, 0.3) is 11.1 Å². The number of esters is 1. The molecule has 1 aliphatic rings. The summed E-state index contributed by atoms with van der Waals surface area (Å²) in [7, 11) is 0. The minimum Gasteiger partial charge on any atom is -0.488 e. The highest BCUT2D eigenvalue weighted by Crippen LogP contribution is 2.45. The van der Waals surface area contributed by atoms with Crippen LogP contribution in [-0.4, -0.2) is 17.6 Å². The van der Waals surface area contributed by atoms with Crippen molar-refractivity contribution >= 4 is 17.1 Å². The van der Waals surface area contributed by atoms with Crippen molar-refractivity contribution < 1.29 is 40.6 Å². The number of ether oxygens (including phenoxy) is 2. The van der Waals surface area contributed by atoms with Gasteiger partial charge in [-0.05, 0) is 72.7 Å². The van der Waals surface area contributed by atoms with Crippen LogP contribution >= 0.6 is 0 Å². The molecule has 0 radical (unpaired) electrons. The molecular formula is C28H23F6NO3. The number of benzene rings is 2. The van der Waals surface area contributed by atoms with E-state index in [1.165, 1.54) is 13.0 Å². The van der Waals surface area contributed by atoms with Gasteiger partial charge in [-0.2, -0.15) is 26.3 Å². The Morgan fingerprint density at radius 3 is 2.29 bits per heavy atom. The fourth-order valence-corrected chi connectivity index (χ4v) is 4.38. The average Bonchev–Trinajstić information content (AvgIpc) is 3.36. The highest BCUT2D eigenvalue weighted by Gasteiger charge is 2.38. The van der Waals surface area contributed by atoms with Gasteiger partial charge in [-0.3, -0.25) is 4.98 Å². The summed E-state index contributed by atoms with van der Waals surface area (Å²) < 4.78 is 92.1. The Hall–Kier alpha value is -3.82. The molecule has 4 rings (SSSR count). The van der Waals surface area contributed by atoms with E-state index in [9.17, 15) is 31.1 Å². The first kappa shape index (κ1) is 27.2. The zero-order valence-electron chi connectivity index (χ0n) is 20.2. The Labute approximate surface area is 214 Å². The van der Waals surface area contributed by atoms with Gasteiger partial charge in [0, 0.05) is 11.8 Å². The number of pyridine rings is 1. The van der Waals surface area contributed by atoms with Gasteiger partial charge < -0.3 is 9.47 Å². The Morgan fingerprint density at radius 1 is 0.921 bits per heavy atom. The van der Waals surface area contributed by atoms with Crippen LogP contribution in [0.2, 0.25) is 0 Å². The van der Waals surface area contributed by atoms with E-state index in [1.807, 2.05) is 30.3 Å². The van der Waals surface area contributed by atoms with Crippen molar-refractivity contribution in [3.63, 3.8) is 0 Å². The molecule has 0 saturated carbocycles. The third-order valence-electron chi connectivity index (χ3n) is 6.09. The lowest BCUT2D eigenvalue weighted by atomic mass is 9.94. The maximum atomic E-state index is 13.6. The summed E-state index contributed by atoms with van der Waals surface area (Å²) >= 11 is 0. The predicted octanol–water partition coefficient (Wildman–Crippen LogP) is 7.97. The van der Waals surface area contributed by atoms with Crippen LogP contribution < -0.4 is 4.74 Å². The van der Waals surface area contributed by atoms with Crippen LogP contribution in [0, 0.1) is 0 Å². The van der Waals surface area contributed by atoms with Crippen molar-refractivity contribution in [3.8, 4) is 5.75 Å². The fourth-order valence-electron chi connectivity index (χ4n) is 4.38. The van der Waals surface area contributed by atoms with E-state index >= 15 is 0 Å². The SMILES string of the molecule is CCOC(=O)c1cc(C2=C(c3cc(C(F)(F)F)ccc3OCc3ccccc3)CCC2)cnc1C(F)(F)F. The number of carbonyl (C=O) groups is 1. The summed E-state index contributed by atoms with van der Waals surface area (Å²) in [5.74, 6) is -0.970. The molecule has 0 N–H and O–H groups in total. The van der Waals surface area contributed by atoms with Crippen molar-refractivity contribution in [1.29, 1.82) is 0 Å². The van der Waals surface area contributed by atoms with E-state index < -0.39 is 35.1 Å². The Kier molecular flexibility index (Phi) is 7.80. The second kappa shape index (κ2) is 10.9. The second-order valence-corrected chi connectivity index (χ2v) is 8.63. The minimum atomic E-state index is -4.90. The molecule has 38 heavy (non-hydrogen) atoms. The molecule has 1 heterocycles. The smallest absolute Gasteiger partial charge is 0.434 e. The first-order valence-electron chi connectivity index (χ1n) is 11.8. The molecule has 0 amide bonds. The van der Waals surface area contributed by atoms with E-state index in [4.69, 9.17) is 9.47 Å². The summed E-state index contributed by atoms with van der Waals surface area (Å²) in [6.07, 6.45) is -7.22. The fraction of sp³-hybridized carbons (Fsp3) is 0.286. The van der Waals surface area contributed by atoms with Gasteiger partial charge in [-0.1, -0.05) is 30.3 Å². The van der Waals surface area contributed by atoms with Gasteiger partial charge in [0.25, 0.3) is 0 Å². The van der Waals surface area contributed by atoms with Crippen molar-refractivity contribution in [2.75, 3.05) is 6.61 Å². The first-order chi connectivity index (χ1) is 18.0. The van der Waals surface area contributed by atoms with E-state index in [1.54, 1.807) is 0 Å². The van der Waals surface area contributed by atoms with Gasteiger partial charge in [0.05, 0.1) is 17.7 Å². The zero-order valence-corrected chi connectivity index (χ0v) is 20.2. The van der Waals surface area contributed by atoms with Gasteiger partial charge in [-0.15, -0.1) is 0 Å². The zero-order chi connectivity index (χ0) is 27.5.